The topological polar surface area (TPSA) is 144 Å². The van der Waals surface area contributed by atoms with Crippen LogP contribution in [-0.2, 0) is 4.57 Å². The van der Waals surface area contributed by atoms with E-state index < -0.39 is 39.2 Å². The lowest BCUT2D eigenvalue weighted by atomic mass is 10.1. The molecule has 0 aliphatic heterocycles. The lowest BCUT2D eigenvalue weighted by molar-refractivity contribution is 0.0697. The molecule has 0 saturated carbocycles. The molecule has 9 heteroatoms. The predicted molar refractivity (Wildman–Crippen MR) is 76.7 cm³/mol. The molecule has 1 aromatic carbocycles. The molecule has 1 aromatic rings. The van der Waals surface area contributed by atoms with Crippen LogP contribution in [0.1, 0.15) is 11.4 Å². The molecule has 0 radical (unpaired) electrons. The van der Waals surface area contributed by atoms with Gasteiger partial charge < -0.3 is 26.2 Å². The number of aliphatic hydroxyl groups excluding tert-OH is 4. The average molecular weight is 329 g/mol. The molecule has 0 aliphatic carbocycles. The van der Waals surface area contributed by atoms with Gasteiger partial charge in [0.25, 0.3) is 0 Å². The molecule has 20 heavy (non-hydrogen) atoms. The third-order valence-corrected chi connectivity index (χ3v) is 2.97. The van der Waals surface area contributed by atoms with E-state index in [2.05, 4.69) is 0 Å². The van der Waals surface area contributed by atoms with E-state index in [0.717, 1.165) is 0 Å². The standard InChI is InChI=1S/C7H7O3P.C4H11NO3.ClH/c8-7(11(9)10)6-4-2-1-3-5-6;5-4(1-6,2-7)3-8;/h1-5,7-8H;6-8H,1-3,5H2;1H/p+1. The highest BCUT2D eigenvalue weighted by Gasteiger charge is 2.27. The van der Waals surface area contributed by atoms with Crippen LogP contribution in [0.3, 0.4) is 0 Å². The summed E-state index contributed by atoms with van der Waals surface area (Å²) in [4.78, 5) is 8.53. The number of halogens is 1. The Balaban J connectivity index is 0. The van der Waals surface area contributed by atoms with E-state index in [1.165, 1.54) is 0 Å². The average Bonchev–Trinajstić information content (AvgIpc) is 2.47. The summed E-state index contributed by atoms with van der Waals surface area (Å²) in [7, 11) is -2.53. The summed E-state index contributed by atoms with van der Waals surface area (Å²) in [6.07, 6.45) is 0. The third kappa shape index (κ3) is 7.84. The molecule has 116 valence electrons. The summed E-state index contributed by atoms with van der Waals surface area (Å²) in [6, 6.07) is 8.40. The van der Waals surface area contributed by atoms with Gasteiger partial charge in [0.2, 0.25) is 0 Å². The Labute approximate surface area is 124 Å². The van der Waals surface area contributed by atoms with E-state index in [1.54, 1.807) is 30.3 Å². The third-order valence-electron chi connectivity index (χ3n) is 2.25. The molecule has 0 saturated heterocycles. The van der Waals surface area contributed by atoms with Crippen LogP contribution in [0.15, 0.2) is 30.3 Å². The zero-order valence-corrected chi connectivity index (χ0v) is 12.4. The van der Waals surface area contributed by atoms with Crippen molar-refractivity contribution in [2.75, 3.05) is 19.8 Å². The smallest absolute Gasteiger partial charge is 0.394 e. The van der Waals surface area contributed by atoms with Crippen molar-refractivity contribution in [3.63, 3.8) is 0 Å². The molecule has 0 heterocycles. The summed E-state index contributed by atoms with van der Waals surface area (Å²) in [5.74, 6) is -1.26. The van der Waals surface area contributed by atoms with Gasteiger partial charge in [-0.1, -0.05) is 30.3 Å². The monoisotopic (exact) mass is 328 g/mol. The van der Waals surface area contributed by atoms with Gasteiger partial charge in [0.1, 0.15) is 0 Å². The SMILES string of the molecule is Cl.NC(CO)(CO)CO.O=[P+](O)C(O)c1ccccc1. The molecule has 1 rings (SSSR count). The Bertz CT molecular complexity index is 368. The molecule has 7 N–H and O–H groups in total. The van der Waals surface area contributed by atoms with Crippen LogP contribution in [-0.4, -0.2) is 50.7 Å². The van der Waals surface area contributed by atoms with Gasteiger partial charge in [-0.3, -0.25) is 0 Å². The quantitative estimate of drug-likeness (QED) is 0.399. The second kappa shape index (κ2) is 11.1. The molecular formula is C11H20ClNO6P+. The van der Waals surface area contributed by atoms with E-state index in [1.807, 2.05) is 0 Å². The van der Waals surface area contributed by atoms with E-state index in [0.29, 0.717) is 5.56 Å². The zero-order chi connectivity index (χ0) is 14.9. The van der Waals surface area contributed by atoms with Gasteiger partial charge in [-0.15, -0.1) is 12.4 Å². The van der Waals surface area contributed by atoms with Crippen LogP contribution >= 0.6 is 20.4 Å². The number of nitrogens with two attached hydrogens (primary N) is 1. The largest absolute Gasteiger partial charge is 0.542 e. The highest BCUT2D eigenvalue weighted by atomic mass is 35.5. The molecule has 2 atom stereocenters. The number of benzene rings is 1. The first-order valence-electron chi connectivity index (χ1n) is 5.40. The van der Waals surface area contributed by atoms with Crippen molar-refractivity contribution in [3.05, 3.63) is 35.9 Å². The Morgan fingerprint density at radius 1 is 1.10 bits per heavy atom. The fraction of sp³-hybridized carbons (Fsp3) is 0.455. The van der Waals surface area contributed by atoms with Crippen molar-refractivity contribution in [3.8, 4) is 0 Å². The fourth-order valence-corrected chi connectivity index (χ4v) is 1.33. The lowest BCUT2D eigenvalue weighted by Gasteiger charge is -2.20. The van der Waals surface area contributed by atoms with Crippen molar-refractivity contribution >= 4 is 20.4 Å². The molecule has 2 unspecified atom stereocenters. The zero-order valence-electron chi connectivity index (χ0n) is 10.7. The van der Waals surface area contributed by atoms with E-state index in [4.69, 9.17) is 31.1 Å². The van der Waals surface area contributed by atoms with Crippen LogP contribution in [0.4, 0.5) is 0 Å². The maximum atomic E-state index is 10.4. The minimum absolute atomic E-state index is 0. The van der Waals surface area contributed by atoms with Crippen molar-refractivity contribution < 1.29 is 29.9 Å². The van der Waals surface area contributed by atoms with Crippen LogP contribution in [0, 0.1) is 0 Å². The summed E-state index contributed by atoms with van der Waals surface area (Å²) in [6.45, 7) is -1.21. The van der Waals surface area contributed by atoms with E-state index >= 15 is 0 Å². The molecule has 0 bridgehead atoms. The van der Waals surface area contributed by atoms with Gasteiger partial charge in [-0.05, 0) is 4.57 Å². The molecule has 0 amide bonds. The summed E-state index contributed by atoms with van der Waals surface area (Å²) in [5.41, 5.74) is 4.41. The minimum atomic E-state index is -2.53. The highest BCUT2D eigenvalue weighted by Crippen LogP contribution is 2.34. The van der Waals surface area contributed by atoms with Crippen molar-refractivity contribution in [2.24, 2.45) is 5.73 Å². The van der Waals surface area contributed by atoms with Gasteiger partial charge in [-0.2, -0.15) is 4.89 Å². The number of rotatable bonds is 5. The second-order valence-corrected chi connectivity index (χ2v) is 5.02. The van der Waals surface area contributed by atoms with Crippen LogP contribution in [0.5, 0.6) is 0 Å². The second-order valence-electron chi connectivity index (χ2n) is 3.92. The highest BCUT2D eigenvalue weighted by molar-refractivity contribution is 7.38. The summed E-state index contributed by atoms with van der Waals surface area (Å²) in [5, 5.41) is 34.1. The van der Waals surface area contributed by atoms with Crippen molar-refractivity contribution in [1.82, 2.24) is 0 Å². The van der Waals surface area contributed by atoms with Crippen molar-refractivity contribution in [1.29, 1.82) is 0 Å². The molecule has 0 fully saturated rings. The minimum Gasteiger partial charge on any atom is -0.394 e. The predicted octanol–water partition coefficient (Wildman–Crippen LogP) is -0.505. The maximum absolute atomic E-state index is 10.4. The molecule has 0 spiro atoms. The Kier molecular flexibility index (Phi) is 12.0. The molecule has 0 aromatic heterocycles. The van der Waals surface area contributed by atoms with Gasteiger partial charge in [0.05, 0.1) is 25.4 Å². The van der Waals surface area contributed by atoms with Crippen molar-refractivity contribution in [2.45, 2.75) is 11.4 Å². The lowest BCUT2D eigenvalue weighted by Crippen LogP contribution is -2.50. The molecular weight excluding hydrogens is 309 g/mol. The summed E-state index contributed by atoms with van der Waals surface area (Å²) < 4.78 is 10.4. The first kappa shape index (κ1) is 21.7. The van der Waals surface area contributed by atoms with Gasteiger partial charge in [0.15, 0.2) is 0 Å². The van der Waals surface area contributed by atoms with Crippen LogP contribution in [0.25, 0.3) is 0 Å². The van der Waals surface area contributed by atoms with E-state index in [9.17, 15) is 4.57 Å². The van der Waals surface area contributed by atoms with Gasteiger partial charge in [0, 0.05) is 5.56 Å². The van der Waals surface area contributed by atoms with Gasteiger partial charge >= 0.3 is 13.9 Å². The number of hydrogen-bond donors (Lipinski definition) is 6. The Morgan fingerprint density at radius 2 is 1.50 bits per heavy atom. The van der Waals surface area contributed by atoms with Gasteiger partial charge in [-0.25, -0.2) is 0 Å². The number of hydrogen-bond acceptors (Lipinski definition) is 6. The first-order chi connectivity index (χ1) is 8.90. The molecule has 0 aliphatic rings. The Hall–Kier alpha value is -0.630. The fourth-order valence-electron chi connectivity index (χ4n) is 0.903. The Morgan fingerprint density at radius 3 is 1.75 bits per heavy atom. The first-order valence-corrected chi connectivity index (χ1v) is 6.68. The van der Waals surface area contributed by atoms with E-state index in [-0.39, 0.29) is 12.4 Å². The molecule has 7 nitrogen and oxygen atoms in total. The van der Waals surface area contributed by atoms with Crippen LogP contribution < -0.4 is 5.73 Å². The van der Waals surface area contributed by atoms with Crippen LogP contribution in [0.2, 0.25) is 0 Å². The normalized spacial score (nSPS) is 12.6. The summed E-state index contributed by atoms with van der Waals surface area (Å²) >= 11 is 0. The maximum Gasteiger partial charge on any atom is 0.542 e. The number of aliphatic hydroxyl groups is 4.